The maximum absolute atomic E-state index is 12.3. The molecule has 0 radical (unpaired) electrons. The third-order valence-corrected chi connectivity index (χ3v) is 4.68. The van der Waals surface area contributed by atoms with Crippen LogP contribution in [-0.2, 0) is 4.79 Å². The molecule has 1 amide bonds. The molecule has 0 saturated carbocycles. The van der Waals surface area contributed by atoms with Gasteiger partial charge >= 0.3 is 0 Å². The smallest absolute Gasteiger partial charge is 0.246 e. The minimum absolute atomic E-state index is 0.147. The monoisotopic (exact) mass is 292 g/mol. The van der Waals surface area contributed by atoms with Crippen molar-refractivity contribution in [3.05, 3.63) is 36.4 Å². The van der Waals surface area contributed by atoms with Crippen LogP contribution in [0.15, 0.2) is 36.4 Å². The fraction of sp³-hybridized carbons (Fsp3) is 0.353. The summed E-state index contributed by atoms with van der Waals surface area (Å²) < 4.78 is 2.06. The van der Waals surface area contributed by atoms with E-state index in [1.165, 1.54) is 0 Å². The summed E-state index contributed by atoms with van der Waals surface area (Å²) in [6.07, 6.45) is 7.24. The first-order valence-electron chi connectivity index (χ1n) is 7.62. The van der Waals surface area contributed by atoms with Crippen molar-refractivity contribution in [2.45, 2.75) is 25.3 Å². The van der Waals surface area contributed by atoms with Gasteiger partial charge in [0.1, 0.15) is 5.92 Å². The van der Waals surface area contributed by atoms with Crippen molar-refractivity contribution in [1.29, 1.82) is 5.26 Å². The Morgan fingerprint density at radius 1 is 1.32 bits per heavy atom. The van der Waals surface area contributed by atoms with Gasteiger partial charge in [-0.1, -0.05) is 24.3 Å². The summed E-state index contributed by atoms with van der Waals surface area (Å²) in [5.74, 6) is -0.0409. The number of para-hydroxylation sites is 2. The Labute approximate surface area is 128 Å². The van der Waals surface area contributed by atoms with Gasteiger partial charge in [-0.25, -0.2) is 4.98 Å². The SMILES string of the molecule is N#C[C@@H]1C(=O)Nc2nc3ccccc3n2[C@H]1[C@H]1CC=CCC1. The Kier molecular flexibility index (Phi) is 2.97. The van der Waals surface area contributed by atoms with Gasteiger partial charge in [-0.15, -0.1) is 0 Å². The van der Waals surface area contributed by atoms with Gasteiger partial charge in [0.2, 0.25) is 11.9 Å². The second-order valence-corrected chi connectivity index (χ2v) is 5.93. The largest absolute Gasteiger partial charge is 0.305 e. The minimum Gasteiger partial charge on any atom is -0.305 e. The predicted octanol–water partition coefficient (Wildman–Crippen LogP) is 3.03. The lowest BCUT2D eigenvalue weighted by Gasteiger charge is -2.36. The summed E-state index contributed by atoms with van der Waals surface area (Å²) in [6, 6.07) is 9.90. The van der Waals surface area contributed by atoms with E-state index in [-0.39, 0.29) is 17.9 Å². The number of hydrogen-bond acceptors (Lipinski definition) is 3. The van der Waals surface area contributed by atoms with Gasteiger partial charge in [0.05, 0.1) is 23.1 Å². The molecule has 110 valence electrons. The maximum atomic E-state index is 12.3. The molecule has 1 aromatic heterocycles. The van der Waals surface area contributed by atoms with E-state index in [2.05, 4.69) is 33.1 Å². The Morgan fingerprint density at radius 3 is 2.95 bits per heavy atom. The highest BCUT2D eigenvalue weighted by Gasteiger charge is 2.41. The standard InChI is InChI=1S/C17H16N4O/c18-10-12-15(11-6-2-1-3-7-11)21-14-9-5-4-8-13(14)19-17(21)20-16(12)22/h1-2,4-5,8-9,11-12,15H,3,6-7H2,(H,19,20,22)/t11-,12-,15-/m0/s1. The Hall–Kier alpha value is -2.61. The van der Waals surface area contributed by atoms with Crippen molar-refractivity contribution >= 4 is 22.9 Å². The van der Waals surface area contributed by atoms with Crippen LogP contribution in [0.25, 0.3) is 11.0 Å². The number of aromatic nitrogens is 2. The lowest BCUT2D eigenvalue weighted by atomic mass is 9.80. The van der Waals surface area contributed by atoms with Gasteiger partial charge in [-0.05, 0) is 37.3 Å². The summed E-state index contributed by atoms with van der Waals surface area (Å²) in [7, 11) is 0. The third kappa shape index (κ3) is 1.84. The van der Waals surface area contributed by atoms with E-state index in [1.54, 1.807) is 0 Å². The van der Waals surface area contributed by atoms with Crippen LogP contribution in [0.2, 0.25) is 0 Å². The molecule has 2 heterocycles. The van der Waals surface area contributed by atoms with Crippen molar-refractivity contribution in [1.82, 2.24) is 9.55 Å². The summed E-state index contributed by atoms with van der Waals surface area (Å²) in [5.41, 5.74) is 1.84. The third-order valence-electron chi connectivity index (χ3n) is 4.68. The molecular weight excluding hydrogens is 276 g/mol. The number of amides is 1. The van der Waals surface area contributed by atoms with Crippen LogP contribution in [0.3, 0.4) is 0 Å². The highest BCUT2D eigenvalue weighted by Crippen LogP contribution is 2.41. The molecular formula is C17H16N4O. The van der Waals surface area contributed by atoms with Crippen molar-refractivity contribution in [2.24, 2.45) is 11.8 Å². The second-order valence-electron chi connectivity index (χ2n) is 5.93. The number of fused-ring (bicyclic) bond motifs is 3. The molecule has 1 N–H and O–H groups in total. The van der Waals surface area contributed by atoms with Gasteiger partial charge in [0, 0.05) is 0 Å². The molecule has 22 heavy (non-hydrogen) atoms. The predicted molar refractivity (Wildman–Crippen MR) is 83.0 cm³/mol. The number of imidazole rings is 1. The Bertz CT molecular complexity index is 814. The molecule has 2 aliphatic rings. The molecule has 5 heteroatoms. The molecule has 0 unspecified atom stereocenters. The molecule has 0 spiro atoms. The number of hydrogen-bond donors (Lipinski definition) is 1. The lowest BCUT2D eigenvalue weighted by molar-refractivity contribution is -0.120. The molecule has 3 atom stereocenters. The number of allylic oxidation sites excluding steroid dienone is 2. The van der Waals surface area contributed by atoms with Crippen molar-refractivity contribution in [2.75, 3.05) is 5.32 Å². The van der Waals surface area contributed by atoms with Crippen LogP contribution < -0.4 is 5.32 Å². The van der Waals surface area contributed by atoms with Crippen LogP contribution in [0.5, 0.6) is 0 Å². The summed E-state index contributed by atoms with van der Waals surface area (Å²) in [5, 5.41) is 12.3. The minimum atomic E-state index is -0.665. The quantitative estimate of drug-likeness (QED) is 0.821. The molecule has 1 aliphatic heterocycles. The summed E-state index contributed by atoms with van der Waals surface area (Å²) >= 11 is 0. The first-order chi connectivity index (χ1) is 10.8. The fourth-order valence-electron chi connectivity index (χ4n) is 3.67. The van der Waals surface area contributed by atoms with E-state index < -0.39 is 5.92 Å². The van der Waals surface area contributed by atoms with E-state index in [4.69, 9.17) is 0 Å². The average Bonchev–Trinajstić information content (AvgIpc) is 2.92. The van der Waals surface area contributed by atoms with Crippen LogP contribution in [-0.4, -0.2) is 15.5 Å². The van der Waals surface area contributed by atoms with E-state index in [1.807, 2.05) is 24.3 Å². The van der Waals surface area contributed by atoms with Gasteiger partial charge in [0.25, 0.3) is 0 Å². The van der Waals surface area contributed by atoms with Crippen LogP contribution in [0.4, 0.5) is 5.95 Å². The number of carbonyl (C=O) groups excluding carboxylic acids is 1. The van der Waals surface area contributed by atoms with Gasteiger partial charge in [0.15, 0.2) is 0 Å². The molecule has 0 saturated heterocycles. The first-order valence-corrected chi connectivity index (χ1v) is 7.62. The fourth-order valence-corrected chi connectivity index (χ4v) is 3.67. The highest BCUT2D eigenvalue weighted by molar-refractivity contribution is 5.97. The Morgan fingerprint density at radius 2 is 2.18 bits per heavy atom. The normalized spacial score (nSPS) is 27.2. The molecule has 1 aliphatic carbocycles. The maximum Gasteiger partial charge on any atom is 0.246 e. The highest BCUT2D eigenvalue weighted by atomic mass is 16.2. The van der Waals surface area contributed by atoms with Crippen molar-refractivity contribution < 1.29 is 4.79 Å². The number of carbonyl (C=O) groups is 1. The summed E-state index contributed by atoms with van der Waals surface area (Å²) in [6.45, 7) is 0. The molecule has 0 bridgehead atoms. The zero-order chi connectivity index (χ0) is 15.1. The number of nitrogens with one attached hydrogen (secondary N) is 1. The molecule has 4 rings (SSSR count). The van der Waals surface area contributed by atoms with Gasteiger partial charge in [-0.2, -0.15) is 5.26 Å². The van der Waals surface area contributed by atoms with E-state index >= 15 is 0 Å². The molecule has 1 aromatic carbocycles. The van der Waals surface area contributed by atoms with Crippen LogP contribution in [0.1, 0.15) is 25.3 Å². The molecule has 5 nitrogen and oxygen atoms in total. The summed E-state index contributed by atoms with van der Waals surface area (Å²) in [4.78, 5) is 16.8. The second kappa shape index (κ2) is 4.99. The number of rotatable bonds is 1. The van der Waals surface area contributed by atoms with Crippen LogP contribution in [0, 0.1) is 23.2 Å². The van der Waals surface area contributed by atoms with Crippen LogP contribution >= 0.6 is 0 Å². The number of anilines is 1. The Balaban J connectivity index is 1.92. The molecule has 2 aromatic rings. The number of benzene rings is 1. The van der Waals surface area contributed by atoms with E-state index in [0.717, 1.165) is 30.3 Å². The van der Waals surface area contributed by atoms with Gasteiger partial charge in [-0.3, -0.25) is 10.1 Å². The lowest BCUT2D eigenvalue weighted by Crippen LogP contribution is -2.40. The zero-order valence-corrected chi connectivity index (χ0v) is 12.1. The van der Waals surface area contributed by atoms with Crippen molar-refractivity contribution in [3.8, 4) is 6.07 Å². The van der Waals surface area contributed by atoms with Gasteiger partial charge < -0.3 is 4.57 Å². The average molecular weight is 292 g/mol. The van der Waals surface area contributed by atoms with E-state index in [0.29, 0.717) is 5.95 Å². The van der Waals surface area contributed by atoms with Crippen molar-refractivity contribution in [3.63, 3.8) is 0 Å². The zero-order valence-electron chi connectivity index (χ0n) is 12.1. The van der Waals surface area contributed by atoms with E-state index in [9.17, 15) is 10.1 Å². The first kappa shape index (κ1) is 13.1. The topological polar surface area (TPSA) is 70.7 Å². The number of nitriles is 1. The number of nitrogens with zero attached hydrogens (tertiary/aromatic N) is 3. The molecule has 0 fully saturated rings.